The molecule has 1 aliphatic rings. The first-order valence-electron chi connectivity index (χ1n) is 9.11. The van der Waals surface area contributed by atoms with Crippen LogP contribution in [0.3, 0.4) is 0 Å². The molecule has 1 fully saturated rings. The van der Waals surface area contributed by atoms with Crippen molar-refractivity contribution < 1.29 is 4.79 Å². The summed E-state index contributed by atoms with van der Waals surface area (Å²) in [7, 11) is 0. The maximum atomic E-state index is 11.7. The second kappa shape index (κ2) is 5.84. The van der Waals surface area contributed by atoms with Crippen molar-refractivity contribution >= 4 is 27.7 Å². The lowest BCUT2D eigenvalue weighted by Crippen LogP contribution is -2.47. The first kappa shape index (κ1) is 15.9. The van der Waals surface area contributed by atoms with E-state index >= 15 is 0 Å². The van der Waals surface area contributed by atoms with Crippen molar-refractivity contribution in [3.8, 4) is 11.3 Å². The van der Waals surface area contributed by atoms with E-state index in [9.17, 15) is 4.79 Å². The number of aromatic nitrogens is 3. The maximum absolute atomic E-state index is 11.7. The number of likely N-dealkylation sites (tertiary alicyclic amines) is 1. The molecule has 27 heavy (non-hydrogen) atoms. The van der Waals surface area contributed by atoms with Crippen molar-refractivity contribution in [2.24, 2.45) is 0 Å². The Hall–Kier alpha value is -3.34. The van der Waals surface area contributed by atoms with Crippen molar-refractivity contribution in [3.05, 3.63) is 66.4 Å². The average Bonchev–Trinajstić information content (AvgIpc) is 3.26. The maximum Gasteiger partial charge on any atom is 0.245 e. The minimum Gasteiger partial charge on any atom is -0.355 e. The van der Waals surface area contributed by atoms with Crippen LogP contribution in [0.5, 0.6) is 0 Å². The van der Waals surface area contributed by atoms with E-state index < -0.39 is 0 Å². The molecule has 0 saturated carbocycles. The number of amides is 1. The molecule has 5 rings (SSSR count). The fraction of sp³-hybridized carbons (Fsp3) is 0.182. The molecule has 2 N–H and O–H groups in total. The van der Waals surface area contributed by atoms with Crippen molar-refractivity contribution in [2.45, 2.75) is 12.8 Å². The molecule has 1 saturated heterocycles. The molecule has 2 aromatic carbocycles. The van der Waals surface area contributed by atoms with Gasteiger partial charge in [0.1, 0.15) is 0 Å². The second-order valence-corrected chi connectivity index (χ2v) is 7.26. The molecule has 3 heterocycles. The molecule has 2 aromatic heterocycles. The van der Waals surface area contributed by atoms with Crippen molar-refractivity contribution in [2.75, 3.05) is 13.1 Å². The quantitative estimate of drug-likeness (QED) is 0.542. The Morgan fingerprint density at radius 1 is 1.22 bits per heavy atom. The molecule has 0 atom stereocenters. The Labute approximate surface area is 156 Å². The van der Waals surface area contributed by atoms with Gasteiger partial charge in [-0.3, -0.25) is 9.89 Å². The molecular weight excluding hydrogens is 336 g/mol. The number of carbonyl (C=O) groups is 1. The zero-order valence-corrected chi connectivity index (χ0v) is 15.1. The van der Waals surface area contributed by atoms with E-state index in [2.05, 4.69) is 65.1 Å². The Balaban J connectivity index is 1.51. The lowest BCUT2D eigenvalue weighted by Gasteiger charge is -2.39. The van der Waals surface area contributed by atoms with E-state index in [1.165, 1.54) is 28.2 Å². The van der Waals surface area contributed by atoms with E-state index in [0.717, 1.165) is 35.2 Å². The number of rotatable bonds is 3. The molecule has 5 nitrogen and oxygen atoms in total. The molecule has 1 amide bonds. The van der Waals surface area contributed by atoms with Gasteiger partial charge in [-0.15, -0.1) is 0 Å². The highest BCUT2D eigenvalue weighted by Crippen LogP contribution is 2.34. The topological polar surface area (TPSA) is 64.8 Å². The van der Waals surface area contributed by atoms with E-state index in [0.29, 0.717) is 5.92 Å². The first-order chi connectivity index (χ1) is 13.1. The highest BCUT2D eigenvalue weighted by atomic mass is 16.2. The third-order valence-electron chi connectivity index (χ3n) is 5.59. The molecule has 1 aliphatic heterocycles. The number of aryl methyl sites for hydroxylation is 1. The summed E-state index contributed by atoms with van der Waals surface area (Å²) < 4.78 is 0. The van der Waals surface area contributed by atoms with Gasteiger partial charge in [0, 0.05) is 46.6 Å². The monoisotopic (exact) mass is 356 g/mol. The van der Waals surface area contributed by atoms with Crippen LogP contribution in [0.25, 0.3) is 33.1 Å². The summed E-state index contributed by atoms with van der Waals surface area (Å²) in [6.45, 7) is 7.21. The third kappa shape index (κ3) is 2.46. The zero-order chi connectivity index (χ0) is 18.5. The largest absolute Gasteiger partial charge is 0.355 e. The third-order valence-corrected chi connectivity index (χ3v) is 5.59. The fourth-order valence-corrected chi connectivity index (χ4v) is 4.02. The Morgan fingerprint density at radius 3 is 2.85 bits per heavy atom. The summed E-state index contributed by atoms with van der Waals surface area (Å²) in [5, 5.41) is 9.55. The van der Waals surface area contributed by atoms with Gasteiger partial charge in [0.15, 0.2) is 0 Å². The number of carbonyl (C=O) groups excluding carboxylic acids is 1. The van der Waals surface area contributed by atoms with Gasteiger partial charge in [-0.2, -0.15) is 5.10 Å². The van der Waals surface area contributed by atoms with Crippen molar-refractivity contribution in [1.29, 1.82) is 0 Å². The predicted molar refractivity (Wildman–Crippen MR) is 108 cm³/mol. The fourth-order valence-electron chi connectivity index (χ4n) is 4.02. The van der Waals surface area contributed by atoms with E-state index in [4.69, 9.17) is 0 Å². The molecule has 0 unspecified atom stereocenters. The number of H-pyrrole nitrogens is 2. The lowest BCUT2D eigenvalue weighted by atomic mass is 9.90. The Kier molecular flexibility index (Phi) is 3.44. The zero-order valence-electron chi connectivity index (χ0n) is 15.1. The normalized spacial score (nSPS) is 14.6. The Morgan fingerprint density at radius 2 is 2.04 bits per heavy atom. The Bertz CT molecular complexity index is 1190. The van der Waals surface area contributed by atoms with Crippen LogP contribution in [-0.2, 0) is 4.79 Å². The number of fused-ring (bicyclic) bond motifs is 2. The van der Waals surface area contributed by atoms with Gasteiger partial charge in [0.2, 0.25) is 5.91 Å². The van der Waals surface area contributed by atoms with E-state index in [1.807, 2.05) is 11.1 Å². The van der Waals surface area contributed by atoms with Gasteiger partial charge in [-0.25, -0.2) is 0 Å². The average molecular weight is 356 g/mol. The number of hydrogen-bond donors (Lipinski definition) is 2. The minimum absolute atomic E-state index is 0.0138. The number of aromatic amines is 2. The number of nitrogens with one attached hydrogen (secondary N) is 2. The van der Waals surface area contributed by atoms with Crippen LogP contribution in [0.4, 0.5) is 0 Å². The molecule has 134 valence electrons. The van der Waals surface area contributed by atoms with Gasteiger partial charge < -0.3 is 9.88 Å². The highest BCUT2D eigenvalue weighted by Gasteiger charge is 2.30. The summed E-state index contributed by atoms with van der Waals surface area (Å²) >= 11 is 0. The van der Waals surface area contributed by atoms with E-state index in [1.54, 1.807) is 0 Å². The van der Waals surface area contributed by atoms with Gasteiger partial charge in [0.25, 0.3) is 0 Å². The molecular formula is C22H20N4O. The predicted octanol–water partition coefficient (Wildman–Crippen LogP) is 4.13. The first-order valence-corrected chi connectivity index (χ1v) is 9.11. The van der Waals surface area contributed by atoms with Crippen LogP contribution in [-0.4, -0.2) is 39.1 Å². The summed E-state index contributed by atoms with van der Waals surface area (Å²) in [5.41, 5.74) is 6.94. The van der Waals surface area contributed by atoms with Crippen LogP contribution < -0.4 is 0 Å². The SMILES string of the molecule is C=CC(=O)N1CC(c2ccc3[nH]c(-c4c(C)ccc5[nH]ncc45)cc3c2)C1. The summed E-state index contributed by atoms with van der Waals surface area (Å²) in [5.74, 6) is 0.413. The highest BCUT2D eigenvalue weighted by molar-refractivity contribution is 5.98. The molecule has 4 aromatic rings. The smallest absolute Gasteiger partial charge is 0.245 e. The number of benzene rings is 2. The second-order valence-electron chi connectivity index (χ2n) is 7.26. The lowest BCUT2D eigenvalue weighted by molar-refractivity contribution is -0.130. The van der Waals surface area contributed by atoms with Gasteiger partial charge in [-0.1, -0.05) is 18.7 Å². The minimum atomic E-state index is 0.0138. The van der Waals surface area contributed by atoms with E-state index in [-0.39, 0.29) is 5.91 Å². The van der Waals surface area contributed by atoms with Crippen LogP contribution in [0.1, 0.15) is 17.0 Å². The summed E-state index contributed by atoms with van der Waals surface area (Å²) in [4.78, 5) is 17.0. The molecule has 0 bridgehead atoms. The standard InChI is InChI=1S/C22H20N4O/c1-3-21(27)26-11-16(12-26)14-5-7-18-15(8-14)9-20(24-18)22-13(2)4-6-19-17(22)10-23-25-19/h3-10,16,24H,1,11-12H2,2H3,(H,23,25). The van der Waals surface area contributed by atoms with Crippen LogP contribution in [0.15, 0.2) is 55.3 Å². The molecule has 5 heteroatoms. The number of hydrogen-bond acceptors (Lipinski definition) is 2. The molecule has 0 aliphatic carbocycles. The van der Waals surface area contributed by atoms with Gasteiger partial charge in [-0.05, 0) is 48.4 Å². The summed E-state index contributed by atoms with van der Waals surface area (Å²) in [6, 6.07) is 12.9. The number of nitrogens with zero attached hydrogens (tertiary/aromatic N) is 2. The molecule has 0 spiro atoms. The van der Waals surface area contributed by atoms with Gasteiger partial charge in [0.05, 0.1) is 11.7 Å². The molecule has 0 radical (unpaired) electrons. The summed E-state index contributed by atoms with van der Waals surface area (Å²) in [6.07, 6.45) is 3.27. The van der Waals surface area contributed by atoms with Crippen molar-refractivity contribution in [1.82, 2.24) is 20.1 Å². The van der Waals surface area contributed by atoms with Crippen LogP contribution >= 0.6 is 0 Å². The van der Waals surface area contributed by atoms with Crippen molar-refractivity contribution in [3.63, 3.8) is 0 Å². The van der Waals surface area contributed by atoms with Crippen LogP contribution in [0, 0.1) is 6.92 Å². The van der Waals surface area contributed by atoms with Crippen LogP contribution in [0.2, 0.25) is 0 Å². The van der Waals surface area contributed by atoms with Gasteiger partial charge >= 0.3 is 0 Å².